The Morgan fingerprint density at radius 2 is 1.88 bits per heavy atom. The number of ether oxygens (including phenoxy) is 2. The van der Waals surface area contributed by atoms with Gasteiger partial charge in [0, 0.05) is 11.8 Å². The van der Waals surface area contributed by atoms with E-state index in [1.165, 1.54) is 0 Å². The number of nitrogens with zero attached hydrogens (tertiary/aromatic N) is 1. The molecule has 0 aliphatic rings. The van der Waals surface area contributed by atoms with Crippen LogP contribution in [0.4, 0.5) is 5.69 Å². The van der Waals surface area contributed by atoms with Crippen molar-refractivity contribution in [2.45, 2.75) is 20.5 Å². The number of aromatic nitrogens is 1. The molecule has 6 heteroatoms. The summed E-state index contributed by atoms with van der Waals surface area (Å²) in [6, 6.07) is 14.8. The number of benzene rings is 2. The maximum atomic E-state index is 12.6. The minimum absolute atomic E-state index is 0.194. The van der Waals surface area contributed by atoms with E-state index in [2.05, 4.69) is 10.5 Å². The van der Waals surface area contributed by atoms with E-state index in [1.54, 1.807) is 38.3 Å². The molecule has 2 aromatic carbocycles. The van der Waals surface area contributed by atoms with Crippen molar-refractivity contribution in [2.24, 2.45) is 0 Å². The van der Waals surface area contributed by atoms with Crippen LogP contribution in [0.1, 0.15) is 27.4 Å². The van der Waals surface area contributed by atoms with Gasteiger partial charge in [0.05, 0.1) is 12.7 Å². The number of hydrogen-bond donors (Lipinski definition) is 1. The maximum absolute atomic E-state index is 12.6. The second-order valence-electron chi connectivity index (χ2n) is 5.86. The molecule has 26 heavy (non-hydrogen) atoms. The van der Waals surface area contributed by atoms with Gasteiger partial charge in [0.1, 0.15) is 23.9 Å². The van der Waals surface area contributed by atoms with Crippen LogP contribution in [0, 0.1) is 13.8 Å². The molecule has 0 bridgehead atoms. The van der Waals surface area contributed by atoms with Gasteiger partial charge in [0.15, 0.2) is 5.69 Å². The van der Waals surface area contributed by atoms with Crippen LogP contribution in [0.2, 0.25) is 0 Å². The minimum atomic E-state index is -0.363. The van der Waals surface area contributed by atoms with E-state index in [4.69, 9.17) is 14.0 Å². The number of nitrogens with one attached hydrogen (secondary N) is 1. The number of aryl methyl sites for hydroxylation is 2. The first-order chi connectivity index (χ1) is 12.6. The van der Waals surface area contributed by atoms with Crippen LogP contribution in [0.3, 0.4) is 0 Å². The van der Waals surface area contributed by atoms with Crippen molar-refractivity contribution in [3.05, 3.63) is 71.1 Å². The molecule has 0 spiro atoms. The molecule has 134 valence electrons. The summed E-state index contributed by atoms with van der Waals surface area (Å²) in [7, 11) is 1.57. The molecule has 1 N–H and O–H groups in total. The van der Waals surface area contributed by atoms with Crippen molar-refractivity contribution in [2.75, 3.05) is 12.4 Å². The minimum Gasteiger partial charge on any atom is -0.497 e. The van der Waals surface area contributed by atoms with Crippen LogP contribution < -0.4 is 14.8 Å². The summed E-state index contributed by atoms with van der Waals surface area (Å²) in [4.78, 5) is 12.6. The molecular formula is C20H20N2O4. The van der Waals surface area contributed by atoms with Gasteiger partial charge in [-0.05, 0) is 43.7 Å². The number of carbonyl (C=O) groups excluding carboxylic acids is 1. The number of amides is 1. The van der Waals surface area contributed by atoms with E-state index in [0.29, 0.717) is 22.8 Å². The molecule has 0 radical (unpaired) electrons. The second kappa shape index (κ2) is 7.74. The van der Waals surface area contributed by atoms with Crippen molar-refractivity contribution < 1.29 is 18.8 Å². The van der Waals surface area contributed by atoms with Crippen LogP contribution in [-0.4, -0.2) is 18.2 Å². The summed E-state index contributed by atoms with van der Waals surface area (Å²) >= 11 is 0. The number of rotatable bonds is 6. The Hall–Kier alpha value is -3.28. The van der Waals surface area contributed by atoms with E-state index >= 15 is 0 Å². The first kappa shape index (κ1) is 17.5. The SMILES string of the molecule is COc1cccc(NC(=O)c2noc(C)c2COc2cccc(C)c2)c1. The van der Waals surface area contributed by atoms with Crippen molar-refractivity contribution in [3.63, 3.8) is 0 Å². The predicted octanol–water partition coefficient (Wildman–Crippen LogP) is 4.13. The Morgan fingerprint density at radius 1 is 1.12 bits per heavy atom. The lowest BCUT2D eigenvalue weighted by Gasteiger charge is -2.08. The molecule has 3 rings (SSSR count). The van der Waals surface area contributed by atoms with Crippen LogP contribution in [0.5, 0.6) is 11.5 Å². The zero-order valence-electron chi connectivity index (χ0n) is 14.9. The molecule has 0 aliphatic heterocycles. The van der Waals surface area contributed by atoms with Gasteiger partial charge in [-0.25, -0.2) is 0 Å². The van der Waals surface area contributed by atoms with Crippen molar-refractivity contribution in [1.29, 1.82) is 0 Å². The summed E-state index contributed by atoms with van der Waals surface area (Å²) in [5, 5.41) is 6.68. The normalized spacial score (nSPS) is 10.4. The highest BCUT2D eigenvalue weighted by molar-refractivity contribution is 6.04. The molecule has 1 heterocycles. The fourth-order valence-electron chi connectivity index (χ4n) is 2.49. The highest BCUT2D eigenvalue weighted by Crippen LogP contribution is 2.21. The number of anilines is 1. The zero-order chi connectivity index (χ0) is 18.5. The van der Waals surface area contributed by atoms with Crippen LogP contribution in [0.15, 0.2) is 53.1 Å². The Balaban J connectivity index is 1.75. The van der Waals surface area contributed by atoms with Gasteiger partial charge in [-0.1, -0.05) is 23.4 Å². The molecule has 0 atom stereocenters. The molecule has 0 fully saturated rings. The molecule has 3 aromatic rings. The van der Waals surface area contributed by atoms with Crippen LogP contribution in [-0.2, 0) is 6.61 Å². The molecule has 0 unspecified atom stereocenters. The number of carbonyl (C=O) groups is 1. The average molecular weight is 352 g/mol. The third-order valence-electron chi connectivity index (χ3n) is 3.90. The first-order valence-electron chi connectivity index (χ1n) is 8.17. The van der Waals surface area contributed by atoms with Gasteiger partial charge in [0.25, 0.3) is 5.91 Å². The van der Waals surface area contributed by atoms with Crippen LogP contribution in [0.25, 0.3) is 0 Å². The van der Waals surface area contributed by atoms with Gasteiger partial charge in [-0.2, -0.15) is 0 Å². The summed E-state index contributed by atoms with van der Waals surface area (Å²) in [5.74, 6) is 1.57. The molecule has 1 amide bonds. The van der Waals surface area contributed by atoms with Gasteiger partial charge >= 0.3 is 0 Å². The molecule has 1 aromatic heterocycles. The lowest BCUT2D eigenvalue weighted by atomic mass is 10.2. The average Bonchev–Trinajstić information content (AvgIpc) is 3.01. The highest BCUT2D eigenvalue weighted by atomic mass is 16.5. The van der Waals surface area contributed by atoms with E-state index in [9.17, 15) is 4.79 Å². The lowest BCUT2D eigenvalue weighted by molar-refractivity contribution is 0.101. The van der Waals surface area contributed by atoms with Crippen LogP contribution >= 0.6 is 0 Å². The first-order valence-corrected chi connectivity index (χ1v) is 8.17. The van der Waals surface area contributed by atoms with Gasteiger partial charge in [-0.3, -0.25) is 4.79 Å². The van der Waals surface area contributed by atoms with Gasteiger partial charge in [-0.15, -0.1) is 0 Å². The summed E-state index contributed by atoms with van der Waals surface area (Å²) in [5.41, 5.74) is 2.53. The third-order valence-corrected chi connectivity index (χ3v) is 3.90. The maximum Gasteiger partial charge on any atom is 0.278 e. The fourth-order valence-corrected chi connectivity index (χ4v) is 2.49. The topological polar surface area (TPSA) is 73.6 Å². The number of methoxy groups -OCH3 is 1. The van der Waals surface area contributed by atoms with E-state index in [1.807, 2.05) is 31.2 Å². The fraction of sp³-hybridized carbons (Fsp3) is 0.200. The lowest BCUT2D eigenvalue weighted by Crippen LogP contribution is -2.15. The Labute approximate surface area is 151 Å². The van der Waals surface area contributed by atoms with E-state index < -0.39 is 0 Å². The van der Waals surface area contributed by atoms with Gasteiger partial charge in [0.2, 0.25) is 0 Å². The quantitative estimate of drug-likeness (QED) is 0.722. The summed E-state index contributed by atoms with van der Waals surface area (Å²) in [6.45, 7) is 3.94. The summed E-state index contributed by atoms with van der Waals surface area (Å²) < 4.78 is 16.1. The largest absolute Gasteiger partial charge is 0.497 e. The van der Waals surface area contributed by atoms with E-state index in [-0.39, 0.29) is 18.2 Å². The molecule has 0 saturated heterocycles. The Bertz CT molecular complexity index is 918. The van der Waals surface area contributed by atoms with E-state index in [0.717, 1.165) is 11.3 Å². The Morgan fingerprint density at radius 3 is 2.65 bits per heavy atom. The molecular weight excluding hydrogens is 332 g/mol. The standard InChI is InChI=1S/C20H20N2O4/c1-13-6-4-9-17(10-13)25-12-18-14(2)26-22-19(18)20(23)21-15-7-5-8-16(11-15)24-3/h4-11H,12H2,1-3H3,(H,21,23). The van der Waals surface area contributed by atoms with Crippen molar-refractivity contribution in [3.8, 4) is 11.5 Å². The zero-order valence-corrected chi connectivity index (χ0v) is 14.9. The highest BCUT2D eigenvalue weighted by Gasteiger charge is 2.20. The van der Waals surface area contributed by atoms with Crippen molar-refractivity contribution in [1.82, 2.24) is 5.16 Å². The van der Waals surface area contributed by atoms with Crippen molar-refractivity contribution >= 4 is 11.6 Å². The second-order valence-corrected chi connectivity index (χ2v) is 5.86. The summed E-state index contributed by atoms with van der Waals surface area (Å²) in [6.07, 6.45) is 0. The monoisotopic (exact) mass is 352 g/mol. The smallest absolute Gasteiger partial charge is 0.278 e. The Kier molecular flexibility index (Phi) is 5.22. The molecule has 6 nitrogen and oxygen atoms in total. The predicted molar refractivity (Wildman–Crippen MR) is 97.7 cm³/mol. The molecule has 0 saturated carbocycles. The third kappa shape index (κ3) is 4.03. The van der Waals surface area contributed by atoms with Gasteiger partial charge < -0.3 is 19.3 Å². The molecule has 0 aliphatic carbocycles. The number of hydrogen-bond acceptors (Lipinski definition) is 5.